The smallest absolute Gasteiger partial charge is 0.348 e. The summed E-state index contributed by atoms with van der Waals surface area (Å²) in [5.41, 5.74) is -0.210. The molecule has 0 saturated heterocycles. The van der Waals surface area contributed by atoms with Crippen LogP contribution in [0, 0.1) is 0 Å². The monoisotopic (exact) mass is 369 g/mol. The number of imidazole rings is 1. The first-order valence-corrected chi connectivity index (χ1v) is 7.48. The first-order valence-electron chi connectivity index (χ1n) is 7.10. The van der Waals surface area contributed by atoms with E-state index in [1.54, 1.807) is 18.2 Å². The van der Waals surface area contributed by atoms with Gasteiger partial charge in [0.05, 0.1) is 22.2 Å². The molecule has 25 heavy (non-hydrogen) atoms. The summed E-state index contributed by atoms with van der Waals surface area (Å²) >= 11 is 5.59. The van der Waals surface area contributed by atoms with Gasteiger partial charge in [0.25, 0.3) is 5.91 Å². The molecule has 0 aliphatic carbocycles. The van der Waals surface area contributed by atoms with Gasteiger partial charge >= 0.3 is 11.9 Å². The zero-order chi connectivity index (χ0) is 18.2. The largest absolute Gasteiger partial charge is 0.417 e. The number of carbonyl (C=O) groups is 1. The number of rotatable bonds is 3. The summed E-state index contributed by atoms with van der Waals surface area (Å²) in [7, 11) is 0. The van der Waals surface area contributed by atoms with Crippen molar-refractivity contribution in [2.24, 2.45) is 0 Å². The molecular formula is C16H11ClF3N3O2. The molecule has 0 radical (unpaired) electrons. The molecule has 0 aliphatic rings. The lowest BCUT2D eigenvalue weighted by atomic mass is 10.1. The minimum Gasteiger partial charge on any atom is -0.348 e. The van der Waals surface area contributed by atoms with E-state index in [-0.39, 0.29) is 17.3 Å². The molecule has 3 rings (SSSR count). The standard InChI is InChI=1S/C16H11ClF3N3O2/c17-9-2-3-10(11(6-9)16(18,19)20)14(24)21-7-8-1-4-12-13(5-8)23-15(25)22-12/h1-6H,7H2,(H,21,24)(H2,22,23,25). The summed E-state index contributed by atoms with van der Waals surface area (Å²) < 4.78 is 39.2. The third-order valence-corrected chi connectivity index (χ3v) is 3.80. The minimum absolute atomic E-state index is 0.00189. The molecule has 0 aliphatic heterocycles. The highest BCUT2D eigenvalue weighted by Gasteiger charge is 2.35. The predicted molar refractivity (Wildman–Crippen MR) is 86.5 cm³/mol. The number of aromatic nitrogens is 2. The van der Waals surface area contributed by atoms with Crippen LogP contribution >= 0.6 is 11.6 Å². The van der Waals surface area contributed by atoms with Crippen molar-refractivity contribution >= 4 is 28.5 Å². The Morgan fingerprint density at radius 2 is 1.80 bits per heavy atom. The quantitative estimate of drug-likeness (QED) is 0.661. The first kappa shape index (κ1) is 17.1. The van der Waals surface area contributed by atoms with Crippen LogP contribution < -0.4 is 11.0 Å². The van der Waals surface area contributed by atoms with Crippen LogP contribution in [-0.4, -0.2) is 15.9 Å². The molecule has 0 saturated carbocycles. The molecule has 0 atom stereocenters. The molecule has 1 amide bonds. The molecule has 3 aromatic rings. The zero-order valence-corrected chi connectivity index (χ0v) is 13.3. The Morgan fingerprint density at radius 1 is 1.08 bits per heavy atom. The van der Waals surface area contributed by atoms with Crippen LogP contribution in [0.1, 0.15) is 21.5 Å². The van der Waals surface area contributed by atoms with Gasteiger partial charge in [-0.3, -0.25) is 4.79 Å². The van der Waals surface area contributed by atoms with Crippen LogP contribution in [0.3, 0.4) is 0 Å². The molecule has 2 aromatic carbocycles. The molecule has 1 aromatic heterocycles. The van der Waals surface area contributed by atoms with E-state index >= 15 is 0 Å². The average Bonchev–Trinajstić information content (AvgIpc) is 2.91. The molecule has 1 heterocycles. The number of aromatic amines is 2. The minimum atomic E-state index is -4.69. The molecule has 3 N–H and O–H groups in total. The van der Waals surface area contributed by atoms with Crippen molar-refractivity contribution in [3.05, 3.63) is 68.6 Å². The molecule has 5 nitrogen and oxygen atoms in total. The number of carbonyl (C=O) groups excluding carboxylic acids is 1. The van der Waals surface area contributed by atoms with Crippen molar-refractivity contribution in [1.29, 1.82) is 0 Å². The fourth-order valence-electron chi connectivity index (χ4n) is 2.42. The van der Waals surface area contributed by atoms with Crippen molar-refractivity contribution in [3.8, 4) is 0 Å². The van der Waals surface area contributed by atoms with E-state index in [0.29, 0.717) is 22.7 Å². The van der Waals surface area contributed by atoms with Gasteiger partial charge in [-0.2, -0.15) is 13.2 Å². The molecule has 0 fully saturated rings. The lowest BCUT2D eigenvalue weighted by Crippen LogP contribution is -2.25. The highest BCUT2D eigenvalue weighted by atomic mass is 35.5. The first-order chi connectivity index (χ1) is 11.7. The maximum absolute atomic E-state index is 13.1. The fourth-order valence-corrected chi connectivity index (χ4v) is 2.59. The van der Waals surface area contributed by atoms with Gasteiger partial charge in [0.1, 0.15) is 0 Å². The van der Waals surface area contributed by atoms with Gasteiger partial charge in [-0.1, -0.05) is 17.7 Å². The lowest BCUT2D eigenvalue weighted by molar-refractivity contribution is -0.137. The van der Waals surface area contributed by atoms with Gasteiger partial charge in [0.15, 0.2) is 0 Å². The number of alkyl halides is 3. The number of H-pyrrole nitrogens is 2. The topological polar surface area (TPSA) is 77.8 Å². The van der Waals surface area contributed by atoms with Gasteiger partial charge in [0.2, 0.25) is 0 Å². The van der Waals surface area contributed by atoms with Crippen LogP contribution in [0.15, 0.2) is 41.2 Å². The van der Waals surface area contributed by atoms with Crippen LogP contribution in [0.5, 0.6) is 0 Å². The van der Waals surface area contributed by atoms with E-state index in [4.69, 9.17) is 11.6 Å². The van der Waals surface area contributed by atoms with Crippen LogP contribution in [-0.2, 0) is 12.7 Å². The average molecular weight is 370 g/mol. The zero-order valence-electron chi connectivity index (χ0n) is 12.5. The highest BCUT2D eigenvalue weighted by molar-refractivity contribution is 6.30. The number of halogens is 4. The summed E-state index contributed by atoms with van der Waals surface area (Å²) in [5.74, 6) is -0.869. The lowest BCUT2D eigenvalue weighted by Gasteiger charge is -2.13. The Morgan fingerprint density at radius 3 is 2.52 bits per heavy atom. The Labute approximate surface area is 143 Å². The van der Waals surface area contributed by atoms with Crippen molar-refractivity contribution in [3.63, 3.8) is 0 Å². The highest BCUT2D eigenvalue weighted by Crippen LogP contribution is 2.33. The Kier molecular flexibility index (Phi) is 4.30. The normalized spacial score (nSPS) is 11.7. The molecule has 0 spiro atoms. The summed E-state index contributed by atoms with van der Waals surface area (Å²) in [6.45, 7) is 0.00189. The SMILES string of the molecule is O=C(NCc1ccc2[nH]c(=O)[nH]c2c1)c1ccc(Cl)cc1C(F)(F)F. The molecule has 130 valence electrons. The van der Waals surface area contributed by atoms with Crippen LogP contribution in [0.2, 0.25) is 5.02 Å². The number of amides is 1. The van der Waals surface area contributed by atoms with Gasteiger partial charge in [-0.25, -0.2) is 4.79 Å². The van der Waals surface area contributed by atoms with Crippen molar-refractivity contribution in [2.45, 2.75) is 12.7 Å². The number of fused-ring (bicyclic) bond motifs is 1. The van der Waals surface area contributed by atoms with Gasteiger partial charge in [-0.15, -0.1) is 0 Å². The number of benzene rings is 2. The van der Waals surface area contributed by atoms with Gasteiger partial charge < -0.3 is 15.3 Å². The van der Waals surface area contributed by atoms with Crippen molar-refractivity contribution in [2.75, 3.05) is 0 Å². The van der Waals surface area contributed by atoms with Gasteiger partial charge in [0, 0.05) is 11.6 Å². The van der Waals surface area contributed by atoms with E-state index in [0.717, 1.165) is 6.07 Å². The second-order valence-electron chi connectivity index (χ2n) is 5.33. The Balaban J connectivity index is 1.81. The van der Waals surface area contributed by atoms with Crippen LogP contribution in [0.4, 0.5) is 13.2 Å². The number of hydrogen-bond donors (Lipinski definition) is 3. The summed E-state index contributed by atoms with van der Waals surface area (Å²) in [4.78, 5) is 28.5. The molecular weight excluding hydrogens is 359 g/mol. The Bertz CT molecular complexity index is 1010. The fraction of sp³-hybridized carbons (Fsp3) is 0.125. The molecule has 9 heteroatoms. The number of hydrogen-bond acceptors (Lipinski definition) is 2. The summed E-state index contributed by atoms with van der Waals surface area (Å²) in [6.07, 6.45) is -4.69. The molecule has 0 bridgehead atoms. The van der Waals surface area contributed by atoms with Crippen LogP contribution in [0.25, 0.3) is 11.0 Å². The van der Waals surface area contributed by atoms with Gasteiger partial charge in [-0.05, 0) is 35.9 Å². The summed E-state index contributed by atoms with van der Waals surface area (Å²) in [5, 5.41) is 2.33. The maximum atomic E-state index is 13.1. The number of nitrogens with one attached hydrogen (secondary N) is 3. The second kappa shape index (κ2) is 6.29. The van der Waals surface area contributed by atoms with Crippen molar-refractivity contribution in [1.82, 2.24) is 15.3 Å². The van der Waals surface area contributed by atoms with E-state index in [2.05, 4.69) is 15.3 Å². The van der Waals surface area contributed by atoms with E-state index in [9.17, 15) is 22.8 Å². The molecule has 0 unspecified atom stereocenters. The van der Waals surface area contributed by atoms with E-state index in [1.807, 2.05) is 0 Å². The Hall–Kier alpha value is -2.74. The second-order valence-corrected chi connectivity index (χ2v) is 5.77. The van der Waals surface area contributed by atoms with Crippen molar-refractivity contribution < 1.29 is 18.0 Å². The predicted octanol–water partition coefficient (Wildman–Crippen LogP) is 3.46. The third-order valence-electron chi connectivity index (χ3n) is 3.57. The summed E-state index contributed by atoms with van der Waals surface area (Å²) in [6, 6.07) is 7.89. The maximum Gasteiger partial charge on any atom is 0.417 e. The van der Waals surface area contributed by atoms with E-state index in [1.165, 1.54) is 6.07 Å². The third kappa shape index (κ3) is 3.69. The van der Waals surface area contributed by atoms with E-state index < -0.39 is 23.2 Å².